The number of thiocarbonyl (C=S) groups is 1. The maximum atomic E-state index is 5.47. The van der Waals surface area contributed by atoms with Crippen LogP contribution in [0.25, 0.3) is 22.0 Å². The molecule has 174 valence electrons. The molecule has 3 aromatic rings. The van der Waals surface area contributed by atoms with Crippen LogP contribution in [0, 0.1) is 11.8 Å². The van der Waals surface area contributed by atoms with Crippen molar-refractivity contribution in [3.05, 3.63) is 54.2 Å². The second-order valence-corrected chi connectivity index (χ2v) is 10.6. The highest BCUT2D eigenvalue weighted by Gasteiger charge is 2.41. The van der Waals surface area contributed by atoms with E-state index in [-0.39, 0.29) is 0 Å². The van der Waals surface area contributed by atoms with Gasteiger partial charge in [-0.05, 0) is 66.3 Å². The van der Waals surface area contributed by atoms with Gasteiger partial charge in [0, 0.05) is 49.9 Å². The van der Waals surface area contributed by atoms with Crippen molar-refractivity contribution in [3.63, 3.8) is 0 Å². The number of aromatic nitrogens is 2. The van der Waals surface area contributed by atoms with Crippen molar-refractivity contribution in [2.45, 2.75) is 38.6 Å². The first-order valence-electron chi connectivity index (χ1n) is 12.3. The van der Waals surface area contributed by atoms with Crippen molar-refractivity contribution >= 4 is 28.1 Å². The van der Waals surface area contributed by atoms with Crippen LogP contribution >= 0.6 is 12.2 Å². The van der Waals surface area contributed by atoms with Gasteiger partial charge in [-0.2, -0.15) is 5.10 Å². The molecular formula is C27H35N5S. The Hall–Kier alpha value is -2.44. The molecule has 2 N–H and O–H groups in total. The van der Waals surface area contributed by atoms with Gasteiger partial charge >= 0.3 is 0 Å². The van der Waals surface area contributed by atoms with Gasteiger partial charge in [-0.25, -0.2) is 0 Å². The average Bonchev–Trinajstić information content (AvgIpc) is 3.22. The summed E-state index contributed by atoms with van der Waals surface area (Å²) in [7, 11) is 2.11. The number of nitrogens with zero attached hydrogens (tertiary/aromatic N) is 3. The Bertz CT molecular complexity index is 1140. The molecule has 3 saturated heterocycles. The third-order valence-electron chi connectivity index (χ3n) is 7.39. The summed E-state index contributed by atoms with van der Waals surface area (Å²) in [6, 6.07) is 18.1. The van der Waals surface area contributed by atoms with E-state index in [9.17, 15) is 0 Å². The largest absolute Gasteiger partial charge is 0.362 e. The number of hydrogen-bond donors (Lipinski definition) is 2. The van der Waals surface area contributed by atoms with Crippen molar-refractivity contribution in [2.75, 3.05) is 26.2 Å². The molecule has 2 aromatic carbocycles. The van der Waals surface area contributed by atoms with Crippen LogP contribution in [0.3, 0.4) is 0 Å². The van der Waals surface area contributed by atoms with Crippen LogP contribution in [-0.4, -0.2) is 52.0 Å². The monoisotopic (exact) mass is 461 g/mol. The van der Waals surface area contributed by atoms with E-state index in [1.165, 1.54) is 41.4 Å². The molecule has 1 aromatic heterocycles. The summed E-state index contributed by atoms with van der Waals surface area (Å²) in [5, 5.41) is 15.0. The number of benzene rings is 2. The summed E-state index contributed by atoms with van der Waals surface area (Å²) in [4.78, 5) is 2.66. The minimum absolute atomic E-state index is 0.549. The number of hydrogen-bond acceptors (Lipinski definition) is 3. The molecule has 3 aliphatic rings. The Kier molecular flexibility index (Phi) is 6.39. The van der Waals surface area contributed by atoms with E-state index in [2.05, 4.69) is 89.6 Å². The van der Waals surface area contributed by atoms with E-state index in [4.69, 9.17) is 17.3 Å². The molecule has 5 nitrogen and oxygen atoms in total. The summed E-state index contributed by atoms with van der Waals surface area (Å²) in [6.07, 6.45) is 2.49. The minimum atomic E-state index is 0.549. The van der Waals surface area contributed by atoms with E-state index >= 15 is 0 Å². The van der Waals surface area contributed by atoms with Crippen LogP contribution in [0.2, 0.25) is 0 Å². The molecule has 4 unspecified atom stereocenters. The number of fused-ring (bicyclic) bond motifs is 4. The van der Waals surface area contributed by atoms with Crippen LogP contribution < -0.4 is 10.6 Å². The molecule has 3 fully saturated rings. The van der Waals surface area contributed by atoms with Crippen molar-refractivity contribution in [2.24, 2.45) is 18.9 Å². The number of aryl methyl sites for hydroxylation is 1. The zero-order valence-corrected chi connectivity index (χ0v) is 20.7. The smallest absolute Gasteiger partial charge is 0.166 e. The summed E-state index contributed by atoms with van der Waals surface area (Å²) in [5.74, 6) is 1.85. The summed E-state index contributed by atoms with van der Waals surface area (Å²) in [5.41, 5.74) is 3.64. The number of nitrogens with one attached hydrogen (secondary N) is 2. The standard InChI is InChI=1S/C27H35N5S/c1-18(2)15-28-27(33)29-16-23-13-21-10-11-32(23)17-24(21)26-14-25(30-31(26)3)22-9-8-19-6-4-5-7-20(19)12-22/h4-9,12,14,18,21,23-24H,10-11,13,15-17H2,1-3H3,(H2,28,29,33). The number of piperidine rings is 3. The van der Waals surface area contributed by atoms with Gasteiger partial charge in [-0.1, -0.05) is 50.2 Å². The molecule has 33 heavy (non-hydrogen) atoms. The van der Waals surface area contributed by atoms with E-state index in [1.807, 2.05) is 0 Å². The van der Waals surface area contributed by atoms with Gasteiger partial charge in [0.1, 0.15) is 0 Å². The molecule has 0 spiro atoms. The lowest BCUT2D eigenvalue weighted by Gasteiger charge is -2.50. The Balaban J connectivity index is 1.26. The van der Waals surface area contributed by atoms with Gasteiger partial charge in [0.2, 0.25) is 0 Å². The number of rotatable bonds is 6. The fourth-order valence-electron chi connectivity index (χ4n) is 5.57. The fourth-order valence-corrected chi connectivity index (χ4v) is 5.74. The highest BCUT2D eigenvalue weighted by molar-refractivity contribution is 7.80. The normalized spacial score (nSPS) is 24.4. The third kappa shape index (κ3) is 4.78. The Morgan fingerprint density at radius 3 is 2.70 bits per heavy atom. The zero-order valence-electron chi connectivity index (χ0n) is 19.9. The summed E-state index contributed by atoms with van der Waals surface area (Å²) >= 11 is 5.47. The molecule has 0 radical (unpaired) electrons. The second-order valence-electron chi connectivity index (χ2n) is 10.2. The molecular weight excluding hydrogens is 426 g/mol. The molecule has 4 atom stereocenters. The first-order chi connectivity index (χ1) is 16.0. The minimum Gasteiger partial charge on any atom is -0.362 e. The Labute approximate surface area is 202 Å². The molecule has 2 bridgehead atoms. The van der Waals surface area contributed by atoms with Crippen LogP contribution in [-0.2, 0) is 7.05 Å². The van der Waals surface area contributed by atoms with Gasteiger partial charge in [0.15, 0.2) is 5.11 Å². The van der Waals surface area contributed by atoms with Gasteiger partial charge in [-0.15, -0.1) is 0 Å². The lowest BCUT2D eigenvalue weighted by molar-refractivity contribution is 0.0303. The van der Waals surface area contributed by atoms with Gasteiger partial charge in [-0.3, -0.25) is 9.58 Å². The molecule has 0 saturated carbocycles. The van der Waals surface area contributed by atoms with Crippen LogP contribution in [0.4, 0.5) is 0 Å². The van der Waals surface area contributed by atoms with Crippen LogP contribution in [0.5, 0.6) is 0 Å². The molecule has 6 heteroatoms. The zero-order chi connectivity index (χ0) is 22.9. The van der Waals surface area contributed by atoms with Crippen molar-refractivity contribution in [1.82, 2.24) is 25.3 Å². The molecule has 6 rings (SSSR count). The van der Waals surface area contributed by atoms with Crippen molar-refractivity contribution in [1.29, 1.82) is 0 Å². The fraction of sp³-hybridized carbons (Fsp3) is 0.481. The molecule has 4 heterocycles. The average molecular weight is 462 g/mol. The van der Waals surface area contributed by atoms with Crippen LogP contribution in [0.1, 0.15) is 38.3 Å². The predicted octanol–water partition coefficient (Wildman–Crippen LogP) is 4.54. The Morgan fingerprint density at radius 1 is 1.12 bits per heavy atom. The lowest BCUT2D eigenvalue weighted by atomic mass is 9.74. The SMILES string of the molecule is CC(C)CNC(=S)NCC1CC2CCN1CC2c1cc(-c2ccc3ccccc3c2)nn1C. The highest BCUT2D eigenvalue weighted by atomic mass is 32.1. The van der Waals surface area contributed by atoms with E-state index in [0.29, 0.717) is 23.8 Å². The van der Waals surface area contributed by atoms with E-state index in [0.717, 1.165) is 30.4 Å². The summed E-state index contributed by atoms with van der Waals surface area (Å²) in [6.45, 7) is 8.55. The van der Waals surface area contributed by atoms with Gasteiger partial charge in [0.05, 0.1) is 5.69 Å². The summed E-state index contributed by atoms with van der Waals surface area (Å²) < 4.78 is 2.12. The Morgan fingerprint density at radius 2 is 1.94 bits per heavy atom. The van der Waals surface area contributed by atoms with Crippen molar-refractivity contribution < 1.29 is 0 Å². The first kappa shape index (κ1) is 22.4. The maximum Gasteiger partial charge on any atom is 0.166 e. The maximum absolute atomic E-state index is 5.47. The first-order valence-corrected chi connectivity index (χ1v) is 12.7. The lowest BCUT2D eigenvalue weighted by Crippen LogP contribution is -2.56. The van der Waals surface area contributed by atoms with Gasteiger partial charge < -0.3 is 10.6 Å². The van der Waals surface area contributed by atoms with Crippen LogP contribution in [0.15, 0.2) is 48.5 Å². The van der Waals surface area contributed by atoms with Crippen molar-refractivity contribution in [3.8, 4) is 11.3 Å². The van der Waals surface area contributed by atoms with E-state index in [1.54, 1.807) is 0 Å². The molecule has 0 aliphatic carbocycles. The highest BCUT2D eigenvalue weighted by Crippen LogP contribution is 2.42. The second kappa shape index (κ2) is 9.43. The predicted molar refractivity (Wildman–Crippen MR) is 140 cm³/mol. The topological polar surface area (TPSA) is 45.1 Å². The molecule has 3 aliphatic heterocycles. The molecule has 0 amide bonds. The quantitative estimate of drug-likeness (QED) is 0.528. The van der Waals surface area contributed by atoms with E-state index < -0.39 is 0 Å². The van der Waals surface area contributed by atoms with Gasteiger partial charge in [0.25, 0.3) is 0 Å². The third-order valence-corrected chi connectivity index (χ3v) is 7.68.